The van der Waals surface area contributed by atoms with Gasteiger partial charge >= 0.3 is 0 Å². The topological polar surface area (TPSA) is 52.6 Å². The fourth-order valence-corrected chi connectivity index (χ4v) is 5.32. The molecule has 114 valence electrons. The van der Waals surface area contributed by atoms with Crippen molar-refractivity contribution in [2.45, 2.75) is 12.8 Å². The Morgan fingerprint density at radius 2 is 1.89 bits per heavy atom. The molecule has 0 aromatic rings. The van der Waals surface area contributed by atoms with Crippen molar-refractivity contribution in [2.75, 3.05) is 50.2 Å². The zero-order valence-corrected chi connectivity index (χ0v) is 13.6. The Kier molecular flexibility index (Phi) is 7.40. The lowest BCUT2D eigenvalue weighted by Crippen LogP contribution is -2.36. The number of alkyl halides is 2. The number of sulfone groups is 1. The van der Waals surface area contributed by atoms with Crippen molar-refractivity contribution in [3.8, 4) is 0 Å². The third-order valence-corrected chi connectivity index (χ3v) is 6.64. The molecule has 1 heterocycles. The van der Waals surface area contributed by atoms with Crippen molar-refractivity contribution >= 4 is 33.0 Å². The second-order valence-electron chi connectivity index (χ2n) is 5.08. The molecule has 1 atom stereocenters. The molecule has 0 amide bonds. The molecule has 1 saturated heterocycles. The Hall–Kier alpha value is 0.450. The number of rotatable bonds is 9. The maximum Gasteiger partial charge on any atom is 0.150 e. The lowest BCUT2D eigenvalue weighted by molar-refractivity contribution is 0.0490. The SMILES string of the molecule is COCCOCCC(CCl)(CCl)C1CCS(=O)(=O)C1. The third-order valence-electron chi connectivity index (χ3n) is 3.81. The lowest BCUT2D eigenvalue weighted by Gasteiger charge is -2.35. The third kappa shape index (κ3) is 5.05. The van der Waals surface area contributed by atoms with Crippen molar-refractivity contribution in [1.29, 1.82) is 0 Å². The highest BCUT2D eigenvalue weighted by atomic mass is 35.5. The van der Waals surface area contributed by atoms with Crippen LogP contribution in [0.5, 0.6) is 0 Å². The summed E-state index contributed by atoms with van der Waals surface area (Å²) in [5, 5.41) is 0. The summed E-state index contributed by atoms with van der Waals surface area (Å²) in [7, 11) is -1.30. The number of hydrogen-bond donors (Lipinski definition) is 0. The fourth-order valence-electron chi connectivity index (χ4n) is 2.39. The highest BCUT2D eigenvalue weighted by Gasteiger charge is 2.43. The fraction of sp³-hybridized carbons (Fsp3) is 1.00. The summed E-state index contributed by atoms with van der Waals surface area (Å²) in [5.74, 6) is 1.22. The van der Waals surface area contributed by atoms with E-state index in [1.807, 2.05) is 0 Å². The average Bonchev–Trinajstić information content (AvgIpc) is 2.75. The van der Waals surface area contributed by atoms with E-state index in [-0.39, 0.29) is 22.8 Å². The van der Waals surface area contributed by atoms with E-state index in [0.717, 1.165) is 0 Å². The summed E-state index contributed by atoms with van der Waals surface area (Å²) in [4.78, 5) is 0. The summed E-state index contributed by atoms with van der Waals surface area (Å²) < 4.78 is 33.6. The van der Waals surface area contributed by atoms with Gasteiger partial charge in [-0.25, -0.2) is 8.42 Å². The molecule has 1 aliphatic heterocycles. The van der Waals surface area contributed by atoms with E-state index in [0.29, 0.717) is 44.4 Å². The van der Waals surface area contributed by atoms with Crippen LogP contribution >= 0.6 is 23.2 Å². The number of ether oxygens (including phenoxy) is 2. The molecule has 0 aliphatic carbocycles. The summed E-state index contributed by atoms with van der Waals surface area (Å²) >= 11 is 12.2. The van der Waals surface area contributed by atoms with E-state index in [2.05, 4.69) is 0 Å². The van der Waals surface area contributed by atoms with Crippen molar-refractivity contribution in [1.82, 2.24) is 0 Å². The maximum absolute atomic E-state index is 11.6. The van der Waals surface area contributed by atoms with Gasteiger partial charge in [0, 0.05) is 30.9 Å². The molecule has 1 aliphatic rings. The molecule has 0 aromatic carbocycles. The molecule has 4 nitrogen and oxygen atoms in total. The predicted octanol–water partition coefficient (Wildman–Crippen LogP) is 1.94. The van der Waals surface area contributed by atoms with Crippen molar-refractivity contribution < 1.29 is 17.9 Å². The standard InChI is InChI=1S/C12H22Cl2O4S/c1-17-5-6-18-4-3-12(9-13,10-14)11-2-7-19(15,16)8-11/h11H,2-10H2,1H3. The van der Waals surface area contributed by atoms with E-state index in [4.69, 9.17) is 32.7 Å². The molecule has 0 saturated carbocycles. The van der Waals surface area contributed by atoms with Crippen LogP contribution in [-0.4, -0.2) is 58.6 Å². The molecule has 1 rings (SSSR count). The molecule has 7 heteroatoms. The first-order chi connectivity index (χ1) is 8.99. The molecular weight excluding hydrogens is 311 g/mol. The first kappa shape index (κ1) is 17.5. The van der Waals surface area contributed by atoms with Gasteiger partial charge < -0.3 is 9.47 Å². The molecule has 19 heavy (non-hydrogen) atoms. The van der Waals surface area contributed by atoms with Crippen LogP contribution in [0.3, 0.4) is 0 Å². The number of methoxy groups -OCH3 is 1. The van der Waals surface area contributed by atoms with E-state index in [9.17, 15) is 8.42 Å². The van der Waals surface area contributed by atoms with Gasteiger partial charge in [-0.15, -0.1) is 23.2 Å². The monoisotopic (exact) mass is 332 g/mol. The van der Waals surface area contributed by atoms with Gasteiger partial charge in [0.1, 0.15) is 0 Å². The van der Waals surface area contributed by atoms with Gasteiger partial charge in [0.25, 0.3) is 0 Å². The quantitative estimate of drug-likeness (QED) is 0.478. The summed E-state index contributed by atoms with van der Waals surface area (Å²) in [6, 6.07) is 0. The van der Waals surface area contributed by atoms with Crippen LogP contribution in [-0.2, 0) is 19.3 Å². The molecule has 1 unspecified atom stereocenters. The van der Waals surface area contributed by atoms with Gasteiger partial charge in [0.05, 0.1) is 24.7 Å². The van der Waals surface area contributed by atoms with Gasteiger partial charge in [-0.2, -0.15) is 0 Å². The van der Waals surface area contributed by atoms with Crippen LogP contribution in [0.25, 0.3) is 0 Å². The van der Waals surface area contributed by atoms with Crippen LogP contribution in [0, 0.1) is 11.3 Å². The van der Waals surface area contributed by atoms with E-state index >= 15 is 0 Å². The summed E-state index contributed by atoms with van der Waals surface area (Å²) in [6.45, 7) is 1.60. The van der Waals surface area contributed by atoms with Gasteiger partial charge in [-0.3, -0.25) is 0 Å². The lowest BCUT2D eigenvalue weighted by atomic mass is 9.76. The zero-order valence-electron chi connectivity index (χ0n) is 11.2. The van der Waals surface area contributed by atoms with Crippen LogP contribution in [0.2, 0.25) is 0 Å². The number of hydrogen-bond acceptors (Lipinski definition) is 4. The molecule has 0 bridgehead atoms. The van der Waals surface area contributed by atoms with E-state index in [1.54, 1.807) is 7.11 Å². The van der Waals surface area contributed by atoms with Crippen molar-refractivity contribution in [3.63, 3.8) is 0 Å². The predicted molar refractivity (Wildman–Crippen MR) is 77.9 cm³/mol. The highest BCUT2D eigenvalue weighted by molar-refractivity contribution is 7.91. The molecule has 0 N–H and O–H groups in total. The normalized spacial score (nSPS) is 22.8. The van der Waals surface area contributed by atoms with Crippen molar-refractivity contribution in [2.24, 2.45) is 11.3 Å². The first-order valence-electron chi connectivity index (χ1n) is 6.39. The minimum atomic E-state index is -2.92. The number of halogens is 2. The van der Waals surface area contributed by atoms with Gasteiger partial charge in [0.15, 0.2) is 9.84 Å². The van der Waals surface area contributed by atoms with Crippen LogP contribution in [0.15, 0.2) is 0 Å². The Morgan fingerprint density at radius 3 is 2.37 bits per heavy atom. The first-order valence-corrected chi connectivity index (χ1v) is 9.28. The van der Waals surface area contributed by atoms with Crippen LogP contribution in [0.4, 0.5) is 0 Å². The van der Waals surface area contributed by atoms with Gasteiger partial charge in [0.2, 0.25) is 0 Å². The van der Waals surface area contributed by atoms with E-state index in [1.165, 1.54) is 0 Å². The minimum absolute atomic E-state index is 0.0403. The second kappa shape index (κ2) is 8.03. The Balaban J connectivity index is 2.54. The molecule has 0 spiro atoms. The minimum Gasteiger partial charge on any atom is -0.382 e. The molecule has 1 fully saturated rings. The van der Waals surface area contributed by atoms with E-state index < -0.39 is 9.84 Å². The van der Waals surface area contributed by atoms with Crippen LogP contribution in [0.1, 0.15) is 12.8 Å². The summed E-state index contributed by atoms with van der Waals surface area (Å²) in [5.41, 5.74) is -0.347. The Morgan fingerprint density at radius 1 is 1.21 bits per heavy atom. The van der Waals surface area contributed by atoms with Crippen LogP contribution < -0.4 is 0 Å². The molecule has 0 radical (unpaired) electrons. The summed E-state index contributed by atoms with van der Waals surface area (Å²) in [6.07, 6.45) is 1.34. The Labute approximate surface area is 125 Å². The Bertz CT molecular complexity index is 355. The average molecular weight is 333 g/mol. The second-order valence-corrected chi connectivity index (χ2v) is 7.85. The van der Waals surface area contributed by atoms with Gasteiger partial charge in [-0.05, 0) is 18.8 Å². The van der Waals surface area contributed by atoms with Gasteiger partial charge in [-0.1, -0.05) is 0 Å². The highest BCUT2D eigenvalue weighted by Crippen LogP contribution is 2.41. The molecule has 0 aromatic heterocycles. The molecular formula is C12H22Cl2O4S. The zero-order chi connectivity index (χ0) is 14.4. The van der Waals surface area contributed by atoms with Crippen molar-refractivity contribution in [3.05, 3.63) is 0 Å². The maximum atomic E-state index is 11.6. The largest absolute Gasteiger partial charge is 0.382 e. The smallest absolute Gasteiger partial charge is 0.150 e.